The van der Waals surface area contributed by atoms with E-state index >= 15 is 0 Å². The van der Waals surface area contributed by atoms with Gasteiger partial charge in [-0.05, 0) is 30.9 Å². The largest absolute Gasteiger partial charge is 0.380 e. The Labute approximate surface area is 104 Å². The zero-order valence-corrected chi connectivity index (χ0v) is 10.0. The van der Waals surface area contributed by atoms with E-state index in [1.54, 1.807) is 0 Å². The molecule has 1 saturated carbocycles. The molecule has 1 aliphatic rings. The number of hydrogen-bond acceptors (Lipinski definition) is 2. The topological polar surface area (TPSA) is 21.3 Å². The van der Waals surface area contributed by atoms with Crippen LogP contribution in [-0.2, 0) is 11.2 Å². The number of hydrogen-bond donors (Lipinski definition) is 1. The molecule has 0 aromatic heterocycles. The first kappa shape index (κ1) is 13.4. The van der Waals surface area contributed by atoms with Gasteiger partial charge >= 0.3 is 0 Å². The van der Waals surface area contributed by atoms with Gasteiger partial charge in [0.25, 0.3) is 0 Å². The fourth-order valence-corrected chi connectivity index (χ4v) is 1.66. The third-order valence-electron chi connectivity index (χ3n) is 2.86. The first-order chi connectivity index (χ1) is 8.66. The molecular weight excluding hydrogens is 243 g/mol. The first-order valence-electron chi connectivity index (χ1n) is 6.11. The molecule has 18 heavy (non-hydrogen) atoms. The van der Waals surface area contributed by atoms with E-state index in [1.807, 2.05) is 0 Å². The van der Waals surface area contributed by atoms with Crippen LogP contribution in [0.2, 0.25) is 0 Å². The van der Waals surface area contributed by atoms with Crippen LogP contribution in [0.3, 0.4) is 0 Å². The molecule has 0 atom stereocenters. The van der Waals surface area contributed by atoms with Gasteiger partial charge in [-0.1, -0.05) is 0 Å². The first-order valence-corrected chi connectivity index (χ1v) is 6.11. The Kier molecular flexibility index (Phi) is 4.60. The molecule has 100 valence electrons. The summed E-state index contributed by atoms with van der Waals surface area (Å²) in [5, 5.41) is 3.27. The van der Waals surface area contributed by atoms with Crippen LogP contribution in [0, 0.1) is 17.5 Å². The molecule has 2 rings (SSSR count). The third-order valence-corrected chi connectivity index (χ3v) is 2.86. The number of benzene rings is 1. The van der Waals surface area contributed by atoms with Gasteiger partial charge in [0, 0.05) is 18.7 Å². The Morgan fingerprint density at radius 1 is 1.06 bits per heavy atom. The Morgan fingerprint density at radius 3 is 2.50 bits per heavy atom. The molecular formula is C13H16F3NO. The second-order valence-electron chi connectivity index (χ2n) is 4.45. The fraction of sp³-hybridized carbons (Fsp3) is 0.538. The van der Waals surface area contributed by atoms with E-state index in [-0.39, 0.29) is 12.0 Å². The molecule has 1 aromatic carbocycles. The summed E-state index contributed by atoms with van der Waals surface area (Å²) >= 11 is 0. The molecule has 0 saturated heterocycles. The zero-order valence-electron chi connectivity index (χ0n) is 10.0. The average Bonchev–Trinajstić information content (AvgIpc) is 3.13. The zero-order chi connectivity index (χ0) is 13.0. The second kappa shape index (κ2) is 6.20. The standard InChI is InChI=1S/C13H16F3NO/c14-11-8-13(16)12(15)7-9(11)3-5-18-6-4-17-10-1-2-10/h7-8,10,17H,1-6H2. The predicted octanol–water partition coefficient (Wildman–Crippen LogP) is 2.42. The number of ether oxygens (including phenoxy) is 1. The molecule has 0 unspecified atom stereocenters. The van der Waals surface area contributed by atoms with Crippen molar-refractivity contribution in [2.45, 2.75) is 25.3 Å². The SMILES string of the molecule is Fc1cc(F)c(CCOCCNC2CC2)cc1F. The highest BCUT2D eigenvalue weighted by Gasteiger charge is 2.19. The highest BCUT2D eigenvalue weighted by Crippen LogP contribution is 2.18. The van der Waals surface area contributed by atoms with Crippen molar-refractivity contribution in [2.24, 2.45) is 0 Å². The van der Waals surface area contributed by atoms with Crippen molar-refractivity contribution in [1.29, 1.82) is 0 Å². The molecule has 0 amide bonds. The van der Waals surface area contributed by atoms with Crippen molar-refractivity contribution in [3.05, 3.63) is 35.1 Å². The van der Waals surface area contributed by atoms with E-state index < -0.39 is 17.5 Å². The lowest BCUT2D eigenvalue weighted by atomic mass is 10.1. The number of halogens is 3. The quantitative estimate of drug-likeness (QED) is 0.600. The summed E-state index contributed by atoms with van der Waals surface area (Å²) in [6.07, 6.45) is 2.69. The van der Waals surface area contributed by atoms with E-state index in [0.717, 1.165) is 12.6 Å². The highest BCUT2D eigenvalue weighted by molar-refractivity contribution is 5.20. The van der Waals surface area contributed by atoms with Crippen molar-refractivity contribution in [1.82, 2.24) is 5.32 Å². The van der Waals surface area contributed by atoms with Gasteiger partial charge in [0.15, 0.2) is 11.6 Å². The smallest absolute Gasteiger partial charge is 0.161 e. The Hall–Kier alpha value is -1.07. The van der Waals surface area contributed by atoms with Gasteiger partial charge in [0.1, 0.15) is 5.82 Å². The molecule has 2 nitrogen and oxygen atoms in total. The minimum absolute atomic E-state index is 0.143. The lowest BCUT2D eigenvalue weighted by molar-refractivity contribution is 0.138. The average molecular weight is 259 g/mol. The molecule has 0 aliphatic heterocycles. The van der Waals surface area contributed by atoms with Gasteiger partial charge in [-0.3, -0.25) is 0 Å². The highest BCUT2D eigenvalue weighted by atomic mass is 19.2. The maximum absolute atomic E-state index is 13.2. The summed E-state index contributed by atoms with van der Waals surface area (Å²) in [6, 6.07) is 2.09. The predicted molar refractivity (Wildman–Crippen MR) is 61.9 cm³/mol. The van der Waals surface area contributed by atoms with Crippen LogP contribution < -0.4 is 5.32 Å². The minimum Gasteiger partial charge on any atom is -0.380 e. The summed E-state index contributed by atoms with van der Waals surface area (Å²) < 4.78 is 44.1. The lowest BCUT2D eigenvalue weighted by Crippen LogP contribution is -2.22. The number of nitrogens with one attached hydrogen (secondary N) is 1. The van der Waals surface area contributed by atoms with Gasteiger partial charge < -0.3 is 10.1 Å². The fourth-order valence-electron chi connectivity index (χ4n) is 1.66. The molecule has 0 heterocycles. The van der Waals surface area contributed by atoms with E-state index in [0.29, 0.717) is 25.3 Å². The van der Waals surface area contributed by atoms with Gasteiger partial charge in [-0.15, -0.1) is 0 Å². The lowest BCUT2D eigenvalue weighted by Gasteiger charge is -2.06. The third kappa shape index (κ3) is 3.99. The van der Waals surface area contributed by atoms with Crippen molar-refractivity contribution < 1.29 is 17.9 Å². The van der Waals surface area contributed by atoms with Crippen molar-refractivity contribution >= 4 is 0 Å². The molecule has 1 fully saturated rings. The number of rotatable bonds is 7. The maximum Gasteiger partial charge on any atom is 0.161 e. The molecule has 5 heteroatoms. The van der Waals surface area contributed by atoms with E-state index in [9.17, 15) is 13.2 Å². The van der Waals surface area contributed by atoms with Crippen LogP contribution >= 0.6 is 0 Å². The monoisotopic (exact) mass is 259 g/mol. The van der Waals surface area contributed by atoms with Crippen LogP contribution in [0.1, 0.15) is 18.4 Å². The summed E-state index contributed by atoms with van der Waals surface area (Å²) in [5.41, 5.74) is 0.143. The second-order valence-corrected chi connectivity index (χ2v) is 4.45. The molecule has 0 bridgehead atoms. The van der Waals surface area contributed by atoms with Crippen LogP contribution in [-0.4, -0.2) is 25.8 Å². The van der Waals surface area contributed by atoms with Crippen LogP contribution in [0.5, 0.6) is 0 Å². The molecule has 0 radical (unpaired) electrons. The Bertz CT molecular complexity index is 407. The normalized spacial score (nSPS) is 15.1. The molecule has 1 aromatic rings. The summed E-state index contributed by atoms with van der Waals surface area (Å²) in [7, 11) is 0. The van der Waals surface area contributed by atoms with Gasteiger partial charge in [-0.25, -0.2) is 13.2 Å². The van der Waals surface area contributed by atoms with Crippen LogP contribution in [0.15, 0.2) is 12.1 Å². The van der Waals surface area contributed by atoms with E-state index in [2.05, 4.69) is 5.32 Å². The van der Waals surface area contributed by atoms with Crippen LogP contribution in [0.25, 0.3) is 0 Å². The Morgan fingerprint density at radius 2 is 1.78 bits per heavy atom. The van der Waals surface area contributed by atoms with Crippen molar-refractivity contribution in [3.63, 3.8) is 0 Å². The van der Waals surface area contributed by atoms with Gasteiger partial charge in [-0.2, -0.15) is 0 Å². The van der Waals surface area contributed by atoms with Gasteiger partial charge in [0.2, 0.25) is 0 Å². The Balaban J connectivity index is 1.67. The van der Waals surface area contributed by atoms with Crippen molar-refractivity contribution in [3.8, 4) is 0 Å². The van der Waals surface area contributed by atoms with E-state index in [1.165, 1.54) is 12.8 Å². The maximum atomic E-state index is 13.2. The van der Waals surface area contributed by atoms with Crippen molar-refractivity contribution in [2.75, 3.05) is 19.8 Å². The molecule has 1 N–H and O–H groups in total. The van der Waals surface area contributed by atoms with Crippen LogP contribution in [0.4, 0.5) is 13.2 Å². The molecule has 1 aliphatic carbocycles. The van der Waals surface area contributed by atoms with E-state index in [4.69, 9.17) is 4.74 Å². The minimum atomic E-state index is -1.16. The summed E-state index contributed by atoms with van der Waals surface area (Å²) in [4.78, 5) is 0. The van der Waals surface area contributed by atoms with Gasteiger partial charge in [0.05, 0.1) is 13.2 Å². The summed E-state index contributed by atoms with van der Waals surface area (Å²) in [5.74, 6) is -2.92. The molecule has 0 spiro atoms. The summed E-state index contributed by atoms with van der Waals surface area (Å²) in [6.45, 7) is 1.61.